The molecule has 172 valence electrons. The van der Waals surface area contributed by atoms with Crippen molar-refractivity contribution in [3.8, 4) is 0 Å². The van der Waals surface area contributed by atoms with E-state index in [2.05, 4.69) is 28.2 Å². The molecule has 0 atom stereocenters. The minimum Gasteiger partial charge on any atom is -0.383 e. The fourth-order valence-electron chi connectivity index (χ4n) is 4.67. The van der Waals surface area contributed by atoms with Crippen molar-refractivity contribution < 1.29 is 9.53 Å². The molecule has 1 aliphatic rings. The second-order valence-electron chi connectivity index (χ2n) is 8.73. The predicted octanol–water partition coefficient (Wildman–Crippen LogP) is 2.86. The summed E-state index contributed by atoms with van der Waals surface area (Å²) in [5.41, 5.74) is 5.87. The fraction of sp³-hybridized carbons (Fsp3) is 0.400. The number of nitrogens with zero attached hydrogens (tertiary/aromatic N) is 5. The van der Waals surface area contributed by atoms with Gasteiger partial charge in [0, 0.05) is 50.1 Å². The highest BCUT2D eigenvalue weighted by Crippen LogP contribution is 2.32. The van der Waals surface area contributed by atoms with Crippen molar-refractivity contribution in [2.45, 2.75) is 13.3 Å². The molecule has 0 aliphatic carbocycles. The van der Waals surface area contributed by atoms with Gasteiger partial charge in [0.05, 0.1) is 23.2 Å². The zero-order valence-corrected chi connectivity index (χ0v) is 19.5. The number of hydrogen-bond acceptors (Lipinski definition) is 6. The molecule has 1 N–H and O–H groups in total. The van der Waals surface area contributed by atoms with E-state index in [1.165, 1.54) is 0 Å². The number of hydrogen-bond donors (Lipinski definition) is 1. The first kappa shape index (κ1) is 21.6. The molecular weight excluding hydrogens is 416 g/mol. The number of ether oxygens (including phenoxy) is 1. The number of imidazole rings is 1. The summed E-state index contributed by atoms with van der Waals surface area (Å²) in [7, 11) is 3.80. The number of carbonyl (C=O) groups is 1. The van der Waals surface area contributed by atoms with E-state index < -0.39 is 0 Å². The van der Waals surface area contributed by atoms with Crippen LogP contribution >= 0.6 is 0 Å². The van der Waals surface area contributed by atoms with E-state index in [0.29, 0.717) is 24.4 Å². The van der Waals surface area contributed by atoms with Gasteiger partial charge in [-0.25, -0.2) is 9.97 Å². The highest BCUT2D eigenvalue weighted by Gasteiger charge is 2.22. The Morgan fingerprint density at radius 2 is 1.94 bits per heavy atom. The minimum absolute atomic E-state index is 0.156. The minimum atomic E-state index is -0.156. The number of aromatic nitrogens is 3. The third-order valence-electron chi connectivity index (χ3n) is 6.34. The molecule has 1 saturated heterocycles. The maximum Gasteiger partial charge on any atom is 0.255 e. The number of amides is 1. The fourth-order valence-corrected chi connectivity index (χ4v) is 4.67. The first-order chi connectivity index (χ1) is 16.1. The van der Waals surface area contributed by atoms with Gasteiger partial charge in [-0.15, -0.1) is 0 Å². The molecule has 5 rings (SSSR count). The van der Waals surface area contributed by atoms with E-state index >= 15 is 0 Å². The number of fused-ring (bicyclic) bond motifs is 5. The van der Waals surface area contributed by atoms with Crippen LogP contribution in [0.4, 0.5) is 5.69 Å². The van der Waals surface area contributed by atoms with E-state index in [1.807, 2.05) is 41.7 Å². The van der Waals surface area contributed by atoms with Gasteiger partial charge in [0.2, 0.25) is 0 Å². The van der Waals surface area contributed by atoms with E-state index in [0.717, 1.165) is 66.0 Å². The SMILES string of the molecule is COCCNC(=O)c1cc2c(N3CCCN(C)CC3)cc(C)nc2n2c1nc1ccccc12. The van der Waals surface area contributed by atoms with Crippen LogP contribution in [0.3, 0.4) is 0 Å². The van der Waals surface area contributed by atoms with Crippen molar-refractivity contribution >= 4 is 39.3 Å². The van der Waals surface area contributed by atoms with Gasteiger partial charge >= 0.3 is 0 Å². The van der Waals surface area contributed by atoms with Crippen LogP contribution in [-0.4, -0.2) is 78.7 Å². The van der Waals surface area contributed by atoms with E-state index in [4.69, 9.17) is 14.7 Å². The molecule has 1 aromatic carbocycles. The highest BCUT2D eigenvalue weighted by atomic mass is 16.5. The lowest BCUT2D eigenvalue weighted by molar-refractivity contribution is 0.0938. The Labute approximate surface area is 193 Å². The number of carbonyl (C=O) groups excluding carboxylic acids is 1. The zero-order chi connectivity index (χ0) is 22.9. The maximum absolute atomic E-state index is 13.2. The van der Waals surface area contributed by atoms with Gasteiger partial charge in [-0.3, -0.25) is 9.20 Å². The molecule has 4 heterocycles. The molecule has 1 amide bonds. The molecule has 0 saturated carbocycles. The largest absolute Gasteiger partial charge is 0.383 e. The van der Waals surface area contributed by atoms with Crippen LogP contribution in [0.5, 0.6) is 0 Å². The Hall–Kier alpha value is -3.23. The molecule has 3 aromatic heterocycles. The van der Waals surface area contributed by atoms with Crippen molar-refractivity contribution in [2.75, 3.05) is 58.4 Å². The number of benzene rings is 1. The number of pyridine rings is 2. The van der Waals surface area contributed by atoms with Gasteiger partial charge in [-0.1, -0.05) is 12.1 Å². The van der Waals surface area contributed by atoms with Crippen LogP contribution in [0.25, 0.3) is 27.7 Å². The van der Waals surface area contributed by atoms with Gasteiger partial charge < -0.3 is 19.9 Å². The summed E-state index contributed by atoms with van der Waals surface area (Å²) in [5, 5.41) is 3.94. The normalized spacial score (nSPS) is 15.4. The van der Waals surface area contributed by atoms with E-state index in [1.54, 1.807) is 7.11 Å². The lowest BCUT2D eigenvalue weighted by Crippen LogP contribution is -2.29. The summed E-state index contributed by atoms with van der Waals surface area (Å²) in [6.07, 6.45) is 1.10. The van der Waals surface area contributed by atoms with Gasteiger partial charge in [0.15, 0.2) is 5.65 Å². The summed E-state index contributed by atoms with van der Waals surface area (Å²) in [6, 6.07) is 12.1. The van der Waals surface area contributed by atoms with E-state index in [9.17, 15) is 4.79 Å². The van der Waals surface area contributed by atoms with Crippen LogP contribution in [0.2, 0.25) is 0 Å². The lowest BCUT2D eigenvalue weighted by Gasteiger charge is -2.25. The third kappa shape index (κ3) is 4.00. The number of likely N-dealkylation sites (N-methyl/N-ethyl adjacent to an activating group) is 1. The standard InChI is InChI=1S/C25H30N6O2/c1-17-15-22(30-11-6-10-29(2)12-13-30)18-16-19(25(32)26-9-14-33-3)24-28-20-7-4-5-8-21(20)31(24)23(18)27-17/h4-5,7-8,15-16H,6,9-14H2,1-3H3,(H,26,32). The second kappa shape index (κ2) is 8.96. The monoisotopic (exact) mass is 446 g/mol. The highest BCUT2D eigenvalue weighted by molar-refractivity contribution is 6.07. The van der Waals surface area contributed by atoms with Crippen molar-refractivity contribution in [3.05, 3.63) is 47.7 Å². The van der Waals surface area contributed by atoms with Crippen molar-refractivity contribution in [1.29, 1.82) is 0 Å². The Balaban J connectivity index is 1.77. The summed E-state index contributed by atoms with van der Waals surface area (Å²) in [6.45, 7) is 6.93. The summed E-state index contributed by atoms with van der Waals surface area (Å²) >= 11 is 0. The number of rotatable bonds is 5. The van der Waals surface area contributed by atoms with Crippen LogP contribution in [0.15, 0.2) is 36.4 Å². The van der Waals surface area contributed by atoms with Gasteiger partial charge in [0.25, 0.3) is 5.91 Å². The summed E-state index contributed by atoms with van der Waals surface area (Å²) < 4.78 is 7.15. The molecule has 0 unspecified atom stereocenters. The number of anilines is 1. The van der Waals surface area contributed by atoms with Crippen LogP contribution in [0.1, 0.15) is 22.5 Å². The van der Waals surface area contributed by atoms with E-state index in [-0.39, 0.29) is 5.91 Å². The maximum atomic E-state index is 13.2. The Morgan fingerprint density at radius 1 is 1.09 bits per heavy atom. The number of methoxy groups -OCH3 is 1. The topological polar surface area (TPSA) is 75.0 Å². The molecule has 33 heavy (non-hydrogen) atoms. The molecule has 0 bridgehead atoms. The van der Waals surface area contributed by atoms with Crippen LogP contribution in [0, 0.1) is 6.92 Å². The summed E-state index contributed by atoms with van der Waals surface area (Å²) in [4.78, 5) is 27.8. The van der Waals surface area contributed by atoms with Gasteiger partial charge in [-0.05, 0) is 51.2 Å². The smallest absolute Gasteiger partial charge is 0.255 e. The zero-order valence-electron chi connectivity index (χ0n) is 19.5. The first-order valence-corrected chi connectivity index (χ1v) is 11.5. The number of para-hydroxylation sites is 2. The Bertz CT molecular complexity index is 1330. The average Bonchev–Trinajstić information content (AvgIpc) is 3.07. The lowest BCUT2D eigenvalue weighted by atomic mass is 10.1. The van der Waals surface area contributed by atoms with Gasteiger partial charge in [0.1, 0.15) is 5.65 Å². The average molecular weight is 447 g/mol. The molecule has 0 radical (unpaired) electrons. The Morgan fingerprint density at radius 3 is 2.79 bits per heavy atom. The Kier molecular flexibility index (Phi) is 5.86. The van der Waals surface area contributed by atoms with Crippen molar-refractivity contribution in [3.63, 3.8) is 0 Å². The third-order valence-corrected chi connectivity index (χ3v) is 6.34. The molecule has 8 nitrogen and oxygen atoms in total. The van der Waals surface area contributed by atoms with Gasteiger partial charge in [-0.2, -0.15) is 0 Å². The van der Waals surface area contributed by atoms with Crippen LogP contribution in [-0.2, 0) is 4.74 Å². The quantitative estimate of drug-likeness (QED) is 0.475. The molecular formula is C25H30N6O2. The molecule has 8 heteroatoms. The number of nitrogens with one attached hydrogen (secondary N) is 1. The van der Waals surface area contributed by atoms with Crippen molar-refractivity contribution in [2.24, 2.45) is 0 Å². The predicted molar refractivity (Wildman–Crippen MR) is 131 cm³/mol. The molecule has 1 fully saturated rings. The summed E-state index contributed by atoms with van der Waals surface area (Å²) in [5.74, 6) is -0.156. The molecule has 1 aliphatic heterocycles. The van der Waals surface area contributed by atoms with Crippen molar-refractivity contribution in [1.82, 2.24) is 24.6 Å². The number of aryl methyl sites for hydroxylation is 1. The first-order valence-electron chi connectivity index (χ1n) is 11.5. The molecule has 4 aromatic rings. The second-order valence-corrected chi connectivity index (χ2v) is 8.73. The molecule has 0 spiro atoms. The van der Waals surface area contributed by atoms with Crippen LogP contribution < -0.4 is 10.2 Å².